The molecular formula is C14H10FN5. The lowest BCUT2D eigenvalue weighted by Gasteiger charge is -2.03. The minimum atomic E-state index is -0.358. The third-order valence-corrected chi connectivity index (χ3v) is 2.99. The van der Waals surface area contributed by atoms with E-state index >= 15 is 0 Å². The highest BCUT2D eigenvalue weighted by atomic mass is 19.1. The largest absolute Gasteiger partial charge is 0.259 e. The molecule has 3 rings (SSSR count). The van der Waals surface area contributed by atoms with Crippen LogP contribution in [0, 0.1) is 24.1 Å². The van der Waals surface area contributed by atoms with Gasteiger partial charge in [-0.25, -0.2) is 14.4 Å². The van der Waals surface area contributed by atoms with Crippen molar-refractivity contribution < 1.29 is 4.39 Å². The second kappa shape index (κ2) is 4.70. The molecule has 0 atom stereocenters. The van der Waals surface area contributed by atoms with E-state index in [1.54, 1.807) is 30.1 Å². The normalized spacial score (nSPS) is 10.7. The quantitative estimate of drug-likeness (QED) is 0.713. The predicted molar refractivity (Wildman–Crippen MR) is 70.3 cm³/mol. The standard InChI is InChI=1S/C14H10FN5/c1-9-17-6-10(7-18-9)8-20-14-4-11(15)2-3-12(14)13(5-16)19-20/h2-4,6-7H,8H2,1H3. The van der Waals surface area contributed by atoms with Crippen molar-refractivity contribution in [2.75, 3.05) is 0 Å². The lowest BCUT2D eigenvalue weighted by atomic mass is 10.2. The first kappa shape index (κ1) is 12.2. The number of hydrogen-bond acceptors (Lipinski definition) is 4. The van der Waals surface area contributed by atoms with E-state index in [-0.39, 0.29) is 11.5 Å². The first-order chi connectivity index (χ1) is 9.67. The van der Waals surface area contributed by atoms with Gasteiger partial charge in [0.1, 0.15) is 17.7 Å². The summed E-state index contributed by atoms with van der Waals surface area (Å²) in [5, 5.41) is 13.9. The van der Waals surface area contributed by atoms with Crippen LogP contribution in [-0.4, -0.2) is 19.7 Å². The Morgan fingerprint density at radius 3 is 2.75 bits per heavy atom. The molecule has 5 nitrogen and oxygen atoms in total. The Kier molecular flexibility index (Phi) is 2.88. The lowest BCUT2D eigenvalue weighted by molar-refractivity contribution is 0.626. The summed E-state index contributed by atoms with van der Waals surface area (Å²) >= 11 is 0. The summed E-state index contributed by atoms with van der Waals surface area (Å²) in [5.74, 6) is 0.325. The van der Waals surface area contributed by atoms with E-state index in [4.69, 9.17) is 5.26 Å². The molecule has 0 spiro atoms. The van der Waals surface area contributed by atoms with Crippen molar-refractivity contribution in [2.45, 2.75) is 13.5 Å². The molecule has 0 unspecified atom stereocenters. The Bertz CT molecular complexity index is 814. The number of nitriles is 1. The Morgan fingerprint density at radius 2 is 2.05 bits per heavy atom. The van der Waals surface area contributed by atoms with Gasteiger partial charge in [0, 0.05) is 23.3 Å². The Morgan fingerprint density at radius 1 is 1.30 bits per heavy atom. The lowest BCUT2D eigenvalue weighted by Crippen LogP contribution is -2.03. The SMILES string of the molecule is Cc1ncc(Cn2nc(C#N)c3ccc(F)cc32)cn1. The highest BCUT2D eigenvalue weighted by Crippen LogP contribution is 2.20. The molecule has 1 aromatic carbocycles. The third-order valence-electron chi connectivity index (χ3n) is 2.99. The topological polar surface area (TPSA) is 67.4 Å². The van der Waals surface area contributed by atoms with Crippen LogP contribution in [0.25, 0.3) is 10.9 Å². The minimum Gasteiger partial charge on any atom is -0.259 e. The van der Waals surface area contributed by atoms with Crippen molar-refractivity contribution in [3.8, 4) is 6.07 Å². The summed E-state index contributed by atoms with van der Waals surface area (Å²) in [4.78, 5) is 8.22. The monoisotopic (exact) mass is 267 g/mol. The molecule has 0 radical (unpaired) electrons. The van der Waals surface area contributed by atoms with Gasteiger partial charge in [-0.05, 0) is 25.1 Å². The van der Waals surface area contributed by atoms with Crippen molar-refractivity contribution in [1.29, 1.82) is 5.26 Å². The number of benzene rings is 1. The molecule has 0 aliphatic rings. The fourth-order valence-corrected chi connectivity index (χ4v) is 2.02. The van der Waals surface area contributed by atoms with Crippen LogP contribution in [0.1, 0.15) is 17.1 Å². The second-order valence-electron chi connectivity index (χ2n) is 4.42. The van der Waals surface area contributed by atoms with Crippen LogP contribution in [0.3, 0.4) is 0 Å². The molecule has 0 aliphatic heterocycles. The van der Waals surface area contributed by atoms with Gasteiger partial charge in [-0.1, -0.05) is 0 Å². The first-order valence-electron chi connectivity index (χ1n) is 6.01. The van der Waals surface area contributed by atoms with Crippen molar-refractivity contribution in [3.05, 3.63) is 53.5 Å². The van der Waals surface area contributed by atoms with E-state index in [1.165, 1.54) is 12.1 Å². The number of aryl methyl sites for hydroxylation is 1. The van der Waals surface area contributed by atoms with Gasteiger partial charge in [-0.15, -0.1) is 0 Å². The first-order valence-corrected chi connectivity index (χ1v) is 6.01. The minimum absolute atomic E-state index is 0.285. The summed E-state index contributed by atoms with van der Waals surface area (Å²) < 4.78 is 15.0. The van der Waals surface area contributed by atoms with Crippen LogP contribution in [0.2, 0.25) is 0 Å². The maximum atomic E-state index is 13.4. The molecule has 0 N–H and O–H groups in total. The average Bonchev–Trinajstić information content (AvgIpc) is 2.79. The van der Waals surface area contributed by atoms with Crippen LogP contribution in [-0.2, 0) is 6.54 Å². The van der Waals surface area contributed by atoms with Gasteiger partial charge in [-0.2, -0.15) is 10.4 Å². The summed E-state index contributed by atoms with van der Waals surface area (Å²) in [6.07, 6.45) is 3.39. The summed E-state index contributed by atoms with van der Waals surface area (Å²) in [7, 11) is 0. The highest BCUT2D eigenvalue weighted by molar-refractivity contribution is 5.84. The van der Waals surface area contributed by atoms with Gasteiger partial charge in [-0.3, -0.25) is 4.68 Å². The number of fused-ring (bicyclic) bond motifs is 1. The Labute approximate surface area is 114 Å². The smallest absolute Gasteiger partial charge is 0.170 e. The summed E-state index contributed by atoms with van der Waals surface area (Å²) in [6.45, 7) is 2.19. The van der Waals surface area contributed by atoms with Gasteiger partial charge in [0.25, 0.3) is 0 Å². The van der Waals surface area contributed by atoms with Crippen LogP contribution >= 0.6 is 0 Å². The molecule has 20 heavy (non-hydrogen) atoms. The third kappa shape index (κ3) is 2.10. The molecule has 6 heteroatoms. The maximum absolute atomic E-state index is 13.4. The van der Waals surface area contributed by atoms with Gasteiger partial charge in [0.05, 0.1) is 12.1 Å². The van der Waals surface area contributed by atoms with Gasteiger partial charge >= 0.3 is 0 Å². The highest BCUT2D eigenvalue weighted by Gasteiger charge is 2.11. The van der Waals surface area contributed by atoms with Crippen LogP contribution in [0.5, 0.6) is 0 Å². The number of rotatable bonds is 2. The molecule has 0 fully saturated rings. The molecule has 98 valence electrons. The van der Waals surface area contributed by atoms with Crippen molar-refractivity contribution in [3.63, 3.8) is 0 Å². The number of halogens is 1. The average molecular weight is 267 g/mol. The number of aromatic nitrogens is 4. The second-order valence-corrected chi connectivity index (χ2v) is 4.42. The number of nitrogens with zero attached hydrogens (tertiary/aromatic N) is 5. The van der Waals surface area contributed by atoms with Crippen molar-refractivity contribution in [2.24, 2.45) is 0 Å². The summed E-state index contributed by atoms with van der Waals surface area (Å²) in [5.41, 5.74) is 1.71. The Balaban J connectivity index is 2.09. The van der Waals surface area contributed by atoms with E-state index in [0.717, 1.165) is 5.56 Å². The zero-order valence-electron chi connectivity index (χ0n) is 10.7. The molecule has 3 aromatic rings. The predicted octanol–water partition coefficient (Wildman–Crippen LogP) is 2.19. The Hall–Kier alpha value is -2.81. The fraction of sp³-hybridized carbons (Fsp3) is 0.143. The maximum Gasteiger partial charge on any atom is 0.170 e. The van der Waals surface area contributed by atoms with E-state index in [0.29, 0.717) is 23.3 Å². The molecule has 2 aromatic heterocycles. The van der Waals surface area contributed by atoms with Gasteiger partial charge in [0.15, 0.2) is 5.69 Å². The fourth-order valence-electron chi connectivity index (χ4n) is 2.02. The van der Waals surface area contributed by atoms with Crippen LogP contribution < -0.4 is 0 Å². The summed E-state index contributed by atoms with van der Waals surface area (Å²) in [6, 6.07) is 6.28. The number of hydrogen-bond donors (Lipinski definition) is 0. The van der Waals surface area contributed by atoms with Gasteiger partial charge in [0.2, 0.25) is 0 Å². The molecule has 0 saturated carbocycles. The zero-order chi connectivity index (χ0) is 14.1. The molecule has 0 amide bonds. The van der Waals surface area contributed by atoms with E-state index in [1.807, 2.05) is 6.07 Å². The zero-order valence-corrected chi connectivity index (χ0v) is 10.7. The molecule has 0 saturated heterocycles. The van der Waals surface area contributed by atoms with E-state index in [9.17, 15) is 4.39 Å². The van der Waals surface area contributed by atoms with E-state index in [2.05, 4.69) is 15.1 Å². The van der Waals surface area contributed by atoms with Crippen molar-refractivity contribution >= 4 is 10.9 Å². The van der Waals surface area contributed by atoms with Crippen LogP contribution in [0.4, 0.5) is 4.39 Å². The molecule has 2 heterocycles. The van der Waals surface area contributed by atoms with Crippen LogP contribution in [0.15, 0.2) is 30.6 Å². The van der Waals surface area contributed by atoms with Crippen molar-refractivity contribution in [1.82, 2.24) is 19.7 Å². The molecular weight excluding hydrogens is 257 g/mol. The van der Waals surface area contributed by atoms with E-state index < -0.39 is 0 Å². The molecule has 0 aliphatic carbocycles. The van der Waals surface area contributed by atoms with Gasteiger partial charge < -0.3 is 0 Å². The molecule has 0 bridgehead atoms.